The Labute approximate surface area is 111 Å². The Kier molecular flexibility index (Phi) is 3.75. The SMILES string of the molecule is CCNc1ccc(S(=O)(=O)Nc2cc(C)no2)cc1. The highest BCUT2D eigenvalue weighted by atomic mass is 32.2. The van der Waals surface area contributed by atoms with Crippen molar-refractivity contribution in [2.75, 3.05) is 16.6 Å². The number of benzene rings is 1. The molecule has 7 heteroatoms. The Balaban J connectivity index is 2.19. The maximum Gasteiger partial charge on any atom is 0.264 e. The molecule has 0 bridgehead atoms. The van der Waals surface area contributed by atoms with Crippen LogP contribution in [0.1, 0.15) is 12.6 Å². The van der Waals surface area contributed by atoms with Crippen LogP contribution < -0.4 is 10.0 Å². The Hall–Kier alpha value is -2.02. The lowest BCUT2D eigenvalue weighted by Crippen LogP contribution is -2.12. The summed E-state index contributed by atoms with van der Waals surface area (Å²) in [6, 6.07) is 8.01. The fourth-order valence-electron chi connectivity index (χ4n) is 1.56. The second-order valence-corrected chi connectivity index (χ2v) is 5.68. The van der Waals surface area contributed by atoms with Gasteiger partial charge in [-0.1, -0.05) is 5.16 Å². The van der Waals surface area contributed by atoms with Crippen molar-refractivity contribution < 1.29 is 12.9 Å². The molecule has 0 spiro atoms. The Morgan fingerprint density at radius 1 is 1.26 bits per heavy atom. The molecule has 0 saturated heterocycles. The lowest BCUT2D eigenvalue weighted by Gasteiger charge is -2.06. The van der Waals surface area contributed by atoms with Gasteiger partial charge in [0.2, 0.25) is 5.88 Å². The molecule has 0 aliphatic carbocycles. The summed E-state index contributed by atoms with van der Waals surface area (Å²) < 4.78 is 31.3. The van der Waals surface area contributed by atoms with Crippen LogP contribution in [0.15, 0.2) is 39.8 Å². The lowest BCUT2D eigenvalue weighted by atomic mass is 10.3. The summed E-state index contributed by atoms with van der Waals surface area (Å²) >= 11 is 0. The fourth-order valence-corrected chi connectivity index (χ4v) is 2.53. The number of aryl methyl sites for hydroxylation is 1. The van der Waals surface area contributed by atoms with Crippen molar-refractivity contribution in [2.45, 2.75) is 18.7 Å². The first-order valence-electron chi connectivity index (χ1n) is 5.81. The highest BCUT2D eigenvalue weighted by Gasteiger charge is 2.16. The Bertz CT molecular complexity index is 647. The zero-order chi connectivity index (χ0) is 13.9. The molecule has 0 fully saturated rings. The normalized spacial score (nSPS) is 11.3. The second-order valence-electron chi connectivity index (χ2n) is 3.99. The highest BCUT2D eigenvalue weighted by molar-refractivity contribution is 7.92. The number of sulfonamides is 1. The van der Waals surface area contributed by atoms with E-state index in [1.807, 2.05) is 6.92 Å². The Morgan fingerprint density at radius 2 is 1.95 bits per heavy atom. The van der Waals surface area contributed by atoms with Crippen molar-refractivity contribution >= 4 is 21.6 Å². The minimum Gasteiger partial charge on any atom is -0.385 e. The van der Waals surface area contributed by atoms with Gasteiger partial charge in [-0.2, -0.15) is 0 Å². The van der Waals surface area contributed by atoms with Crippen LogP contribution in [0.3, 0.4) is 0 Å². The maximum atomic E-state index is 12.1. The van der Waals surface area contributed by atoms with Gasteiger partial charge < -0.3 is 9.84 Å². The van der Waals surface area contributed by atoms with Crippen molar-refractivity contribution in [3.8, 4) is 0 Å². The van der Waals surface area contributed by atoms with Crippen molar-refractivity contribution in [2.24, 2.45) is 0 Å². The predicted molar refractivity (Wildman–Crippen MR) is 72.7 cm³/mol. The molecule has 0 aliphatic heterocycles. The van der Waals surface area contributed by atoms with E-state index in [-0.39, 0.29) is 10.8 Å². The van der Waals surface area contributed by atoms with E-state index in [2.05, 4.69) is 15.2 Å². The number of aromatic nitrogens is 1. The summed E-state index contributed by atoms with van der Waals surface area (Å²) in [5.41, 5.74) is 1.48. The first kappa shape index (κ1) is 13.4. The quantitative estimate of drug-likeness (QED) is 0.877. The van der Waals surface area contributed by atoms with Crippen molar-refractivity contribution in [1.82, 2.24) is 5.16 Å². The summed E-state index contributed by atoms with van der Waals surface area (Å²) in [4.78, 5) is 0.170. The largest absolute Gasteiger partial charge is 0.385 e. The summed E-state index contributed by atoms with van der Waals surface area (Å²) in [6.45, 7) is 4.46. The minimum absolute atomic E-state index is 0.105. The van der Waals surface area contributed by atoms with Crippen LogP contribution >= 0.6 is 0 Å². The van der Waals surface area contributed by atoms with Gasteiger partial charge in [0.05, 0.1) is 10.6 Å². The Morgan fingerprint density at radius 3 is 2.47 bits per heavy atom. The van der Waals surface area contributed by atoms with E-state index in [1.165, 1.54) is 18.2 Å². The summed E-state index contributed by atoms with van der Waals surface area (Å²) in [5.74, 6) is 0.105. The number of nitrogens with one attached hydrogen (secondary N) is 2. The van der Waals surface area contributed by atoms with Gasteiger partial charge >= 0.3 is 0 Å². The van der Waals surface area contributed by atoms with Gasteiger partial charge in [0.25, 0.3) is 10.0 Å². The topological polar surface area (TPSA) is 84.2 Å². The third kappa shape index (κ3) is 3.25. The third-order valence-corrected chi connectivity index (χ3v) is 3.77. The van der Waals surface area contributed by atoms with E-state index in [1.54, 1.807) is 19.1 Å². The van der Waals surface area contributed by atoms with Gasteiger partial charge in [-0.3, -0.25) is 0 Å². The molecule has 0 radical (unpaired) electrons. The van der Waals surface area contributed by atoms with E-state index in [0.717, 1.165) is 12.2 Å². The average Bonchev–Trinajstić information content (AvgIpc) is 2.75. The zero-order valence-electron chi connectivity index (χ0n) is 10.7. The van der Waals surface area contributed by atoms with E-state index in [9.17, 15) is 8.42 Å². The van der Waals surface area contributed by atoms with Crippen LogP contribution in [0.25, 0.3) is 0 Å². The molecular weight excluding hydrogens is 266 g/mol. The van der Waals surface area contributed by atoms with Crippen LogP contribution in [0.2, 0.25) is 0 Å². The van der Waals surface area contributed by atoms with E-state index < -0.39 is 10.0 Å². The first-order valence-corrected chi connectivity index (χ1v) is 7.29. The number of nitrogens with zero attached hydrogens (tertiary/aromatic N) is 1. The maximum absolute atomic E-state index is 12.1. The van der Waals surface area contributed by atoms with Crippen LogP contribution in [0.4, 0.5) is 11.6 Å². The molecule has 0 saturated carbocycles. The van der Waals surface area contributed by atoms with Crippen LogP contribution in [0.5, 0.6) is 0 Å². The molecule has 2 N–H and O–H groups in total. The standard InChI is InChI=1S/C12H15N3O3S/c1-3-13-10-4-6-11(7-5-10)19(16,17)15-12-8-9(2)14-18-12/h4-8,13,15H,3H2,1-2H3. The van der Waals surface area contributed by atoms with E-state index in [4.69, 9.17) is 4.52 Å². The van der Waals surface area contributed by atoms with E-state index in [0.29, 0.717) is 5.69 Å². The van der Waals surface area contributed by atoms with Gasteiger partial charge in [0.15, 0.2) is 0 Å². The van der Waals surface area contributed by atoms with Gasteiger partial charge in [-0.25, -0.2) is 13.1 Å². The van der Waals surface area contributed by atoms with Crippen LogP contribution in [0, 0.1) is 6.92 Å². The number of hydrogen-bond acceptors (Lipinski definition) is 5. The van der Waals surface area contributed by atoms with Crippen molar-refractivity contribution in [3.05, 3.63) is 36.0 Å². The highest BCUT2D eigenvalue weighted by Crippen LogP contribution is 2.18. The summed E-state index contributed by atoms with van der Waals surface area (Å²) in [7, 11) is -3.64. The van der Waals surface area contributed by atoms with Crippen LogP contribution in [-0.4, -0.2) is 20.1 Å². The molecule has 0 atom stereocenters. The molecule has 2 rings (SSSR count). The molecule has 2 aromatic rings. The van der Waals surface area contributed by atoms with Gasteiger partial charge in [0, 0.05) is 18.3 Å². The third-order valence-electron chi connectivity index (χ3n) is 2.41. The monoisotopic (exact) mass is 281 g/mol. The fraction of sp³-hybridized carbons (Fsp3) is 0.250. The molecule has 1 aromatic carbocycles. The zero-order valence-corrected chi connectivity index (χ0v) is 11.5. The number of rotatable bonds is 5. The summed E-state index contributed by atoms with van der Waals surface area (Å²) in [5, 5.41) is 6.72. The lowest BCUT2D eigenvalue weighted by molar-refractivity contribution is 0.430. The van der Waals surface area contributed by atoms with Gasteiger partial charge in [-0.05, 0) is 38.1 Å². The molecule has 102 valence electrons. The molecule has 0 unspecified atom stereocenters. The average molecular weight is 281 g/mol. The summed E-state index contributed by atoms with van der Waals surface area (Å²) in [6.07, 6.45) is 0. The molecule has 1 heterocycles. The molecule has 6 nitrogen and oxygen atoms in total. The molecule has 19 heavy (non-hydrogen) atoms. The van der Waals surface area contributed by atoms with E-state index >= 15 is 0 Å². The van der Waals surface area contributed by atoms with Crippen molar-refractivity contribution in [3.63, 3.8) is 0 Å². The minimum atomic E-state index is -3.64. The van der Waals surface area contributed by atoms with Crippen molar-refractivity contribution in [1.29, 1.82) is 0 Å². The molecular formula is C12H15N3O3S. The van der Waals surface area contributed by atoms with Gasteiger partial charge in [0.1, 0.15) is 0 Å². The molecule has 0 aliphatic rings. The first-order chi connectivity index (χ1) is 9.01. The number of anilines is 2. The second kappa shape index (κ2) is 5.31. The van der Waals surface area contributed by atoms with Crippen LogP contribution in [-0.2, 0) is 10.0 Å². The predicted octanol–water partition coefficient (Wildman–Crippen LogP) is 2.22. The van der Waals surface area contributed by atoms with Gasteiger partial charge in [-0.15, -0.1) is 0 Å². The smallest absolute Gasteiger partial charge is 0.264 e. The molecule has 0 amide bonds. The number of hydrogen-bond donors (Lipinski definition) is 2. The molecule has 1 aromatic heterocycles.